The summed E-state index contributed by atoms with van der Waals surface area (Å²) in [5.41, 5.74) is 33.3. The fraction of sp³-hybridized carbons (Fsp3) is 0.105. The van der Waals surface area contributed by atoms with Crippen LogP contribution in [0.4, 0.5) is 0 Å². The normalized spacial score (nSPS) is 14.3. The Bertz CT molecular complexity index is 7860. The molecule has 0 amide bonds. The molecule has 10 nitrogen and oxygen atoms in total. The van der Waals surface area contributed by atoms with Crippen LogP contribution in [0.15, 0.2) is 370 Å². The quantitative estimate of drug-likeness (QED) is 0.130. The Morgan fingerprint density at radius 3 is 0.879 bits per heavy atom. The maximum Gasteiger partial charge on any atom is 0.164 e. The minimum Gasteiger partial charge on any atom is -0.456 e. The minimum atomic E-state index is 0.112. The van der Waals surface area contributed by atoms with Crippen LogP contribution >= 0.6 is 0 Å². The van der Waals surface area contributed by atoms with Crippen molar-refractivity contribution in [2.24, 2.45) is 0 Å². The lowest BCUT2D eigenvalue weighted by atomic mass is 9.68. The molecule has 4 aliphatic carbocycles. The summed E-state index contributed by atoms with van der Waals surface area (Å²) in [6.07, 6.45) is 12.6. The molecule has 22 aromatic rings. The van der Waals surface area contributed by atoms with E-state index in [1.165, 1.54) is 131 Å². The summed E-state index contributed by atoms with van der Waals surface area (Å²) in [6.45, 7) is 0. The van der Waals surface area contributed by atoms with Gasteiger partial charge in [-0.25, -0.2) is 29.9 Å². The van der Waals surface area contributed by atoms with E-state index in [0.29, 0.717) is 34.9 Å². The molecule has 588 valence electrons. The maximum absolute atomic E-state index is 6.33. The predicted molar refractivity (Wildman–Crippen MR) is 502 cm³/mol. The first-order valence-corrected chi connectivity index (χ1v) is 43.4. The van der Waals surface area contributed by atoms with Gasteiger partial charge < -0.3 is 17.7 Å². The van der Waals surface area contributed by atoms with Crippen molar-refractivity contribution in [1.82, 2.24) is 29.9 Å². The zero-order valence-electron chi connectivity index (χ0n) is 67.9. The molecule has 0 atom stereocenters. The highest BCUT2D eigenvalue weighted by atomic mass is 16.3. The van der Waals surface area contributed by atoms with Crippen LogP contribution in [0.25, 0.3) is 223 Å². The van der Waals surface area contributed by atoms with E-state index in [1.54, 1.807) is 0 Å². The van der Waals surface area contributed by atoms with Gasteiger partial charge in [0.1, 0.15) is 44.7 Å². The number of rotatable bonds is 10. The number of furan rings is 4. The molecule has 0 aliphatic heterocycles. The van der Waals surface area contributed by atoms with Crippen molar-refractivity contribution in [3.8, 4) is 135 Å². The smallest absolute Gasteiger partial charge is 0.164 e. The van der Waals surface area contributed by atoms with Crippen molar-refractivity contribution >= 4 is 87.8 Å². The highest BCUT2D eigenvalue weighted by molar-refractivity contribution is 6.14. The van der Waals surface area contributed by atoms with Gasteiger partial charge in [0.25, 0.3) is 0 Å². The van der Waals surface area contributed by atoms with Crippen LogP contribution in [0.2, 0.25) is 0 Å². The van der Waals surface area contributed by atoms with E-state index in [-0.39, 0.29) is 10.8 Å². The van der Waals surface area contributed by atoms with Gasteiger partial charge in [0, 0.05) is 87.3 Å². The molecule has 2 spiro atoms. The van der Waals surface area contributed by atoms with Crippen molar-refractivity contribution < 1.29 is 17.7 Å². The molecule has 6 heterocycles. The summed E-state index contributed by atoms with van der Waals surface area (Å²) in [5, 5.41) is 8.17. The van der Waals surface area contributed by atoms with Gasteiger partial charge in [0.15, 0.2) is 34.9 Å². The van der Waals surface area contributed by atoms with Gasteiger partial charge in [-0.15, -0.1) is 0 Å². The average Bonchev–Trinajstić information content (AvgIpc) is 1.55. The predicted octanol–water partition coefficient (Wildman–Crippen LogP) is 30.5. The van der Waals surface area contributed by atoms with Gasteiger partial charge in [0.2, 0.25) is 0 Å². The highest BCUT2D eigenvalue weighted by Gasteiger charge is 2.46. The Morgan fingerprint density at radius 2 is 0.452 bits per heavy atom. The van der Waals surface area contributed by atoms with E-state index in [4.69, 9.17) is 47.6 Å². The summed E-state index contributed by atoms with van der Waals surface area (Å²) in [6, 6.07) is 125. The Labute approximate surface area is 714 Å². The van der Waals surface area contributed by atoms with E-state index in [2.05, 4.69) is 231 Å². The van der Waals surface area contributed by atoms with Crippen molar-refractivity contribution in [3.05, 3.63) is 374 Å². The Hall–Kier alpha value is -15.3. The van der Waals surface area contributed by atoms with Gasteiger partial charge in [-0.2, -0.15) is 0 Å². The van der Waals surface area contributed by atoms with Crippen LogP contribution in [0, 0.1) is 0 Å². The second-order valence-corrected chi connectivity index (χ2v) is 33.9. The van der Waals surface area contributed by atoms with Crippen LogP contribution in [-0.2, 0) is 10.8 Å². The zero-order chi connectivity index (χ0) is 81.6. The standard InChI is InChI=1S/2C57H39N3O2/c1-8-31-57(32-9-1)45-25-5-2-19-40(45)51-39(22-12-26-46(51)57)37-17-10-15-35(33-37)36-16-11-18-38(34-36)54-58-55(43-23-13-29-49-52(43)41-20-3-6-27-47(41)61-49)60-56(59-54)44-24-14-30-50-53(44)42-21-4-7-28-48(42)62-50;1-8-29-57(30-9-1)47-21-5-2-19-44(47)53-41(20-12-22-48(53)57)37-15-10-13-35(31-37)36-14-11-16-38(32-36)54-58-55(39-25-27-51-45(33-39)42-17-3-6-23-49(42)61-51)60-56(59-54)40-26-28-52-46(34-40)43-18-4-7-24-50(43)62-52/h2-7,10-30,33-34H,1,8-9,31-32H2;2-7,10-28,31-34H,1,8-9,29-30H2. The molecule has 4 aliphatic rings. The minimum absolute atomic E-state index is 0.112. The first-order valence-electron chi connectivity index (χ1n) is 43.4. The van der Waals surface area contributed by atoms with Crippen molar-refractivity contribution in [1.29, 1.82) is 0 Å². The Kier molecular flexibility index (Phi) is 16.6. The van der Waals surface area contributed by atoms with E-state index >= 15 is 0 Å². The number of fused-ring (bicyclic) bond motifs is 22. The lowest BCUT2D eigenvalue weighted by molar-refractivity contribution is 0.353. The van der Waals surface area contributed by atoms with E-state index in [0.717, 1.165) is 143 Å². The number of benzene rings is 16. The number of hydrogen-bond acceptors (Lipinski definition) is 10. The van der Waals surface area contributed by atoms with Gasteiger partial charge in [-0.1, -0.05) is 293 Å². The van der Waals surface area contributed by atoms with Crippen molar-refractivity contribution in [3.63, 3.8) is 0 Å². The lowest BCUT2D eigenvalue weighted by Crippen LogP contribution is -2.27. The first-order chi connectivity index (χ1) is 61.4. The molecule has 0 saturated heterocycles. The van der Waals surface area contributed by atoms with Crippen LogP contribution in [0.5, 0.6) is 0 Å². The average molecular weight is 1600 g/mol. The van der Waals surface area contributed by atoms with E-state index in [1.807, 2.05) is 121 Å². The molecular weight excluding hydrogens is 1520 g/mol. The summed E-state index contributed by atoms with van der Waals surface area (Å²) in [7, 11) is 0. The first kappa shape index (κ1) is 71.6. The molecule has 26 rings (SSSR count). The molecule has 16 aromatic carbocycles. The van der Waals surface area contributed by atoms with Gasteiger partial charge in [-0.05, 0) is 212 Å². The van der Waals surface area contributed by atoms with Crippen LogP contribution < -0.4 is 0 Å². The summed E-state index contributed by atoms with van der Waals surface area (Å²) < 4.78 is 25.0. The fourth-order valence-electron chi connectivity index (χ4n) is 21.4. The monoisotopic (exact) mass is 1590 g/mol. The largest absolute Gasteiger partial charge is 0.456 e. The Morgan fingerprint density at radius 1 is 0.177 bits per heavy atom. The van der Waals surface area contributed by atoms with Crippen LogP contribution in [-0.4, -0.2) is 29.9 Å². The number of aromatic nitrogens is 6. The van der Waals surface area contributed by atoms with Crippen molar-refractivity contribution in [2.45, 2.75) is 75.0 Å². The topological polar surface area (TPSA) is 130 Å². The third-order valence-electron chi connectivity index (χ3n) is 27.1. The molecule has 0 bridgehead atoms. The number of para-hydroxylation sites is 4. The second-order valence-electron chi connectivity index (χ2n) is 33.9. The third kappa shape index (κ3) is 11.6. The molecule has 0 N–H and O–H groups in total. The van der Waals surface area contributed by atoms with Crippen molar-refractivity contribution in [2.75, 3.05) is 0 Å². The van der Waals surface area contributed by atoms with E-state index < -0.39 is 0 Å². The Balaban J connectivity index is 0.000000136. The molecule has 124 heavy (non-hydrogen) atoms. The lowest BCUT2D eigenvalue weighted by Gasteiger charge is -2.36. The van der Waals surface area contributed by atoms with Crippen LogP contribution in [0.3, 0.4) is 0 Å². The molecule has 10 heteroatoms. The molecule has 2 fully saturated rings. The third-order valence-corrected chi connectivity index (χ3v) is 27.1. The molecular formula is C114H78N6O4. The summed E-state index contributed by atoms with van der Waals surface area (Å²) >= 11 is 0. The molecule has 2 saturated carbocycles. The highest BCUT2D eigenvalue weighted by Crippen LogP contribution is 2.60. The molecule has 0 unspecified atom stereocenters. The van der Waals surface area contributed by atoms with E-state index in [9.17, 15) is 0 Å². The fourth-order valence-corrected chi connectivity index (χ4v) is 21.4. The second kappa shape index (κ2) is 28.7. The molecule has 0 radical (unpaired) electrons. The number of hydrogen-bond donors (Lipinski definition) is 0. The van der Waals surface area contributed by atoms with Crippen LogP contribution in [0.1, 0.15) is 86.5 Å². The maximum atomic E-state index is 6.33. The van der Waals surface area contributed by atoms with Gasteiger partial charge in [-0.3, -0.25) is 0 Å². The summed E-state index contributed by atoms with van der Waals surface area (Å²) in [5.74, 6) is 3.54. The van der Waals surface area contributed by atoms with Gasteiger partial charge >= 0.3 is 0 Å². The zero-order valence-corrected chi connectivity index (χ0v) is 67.9. The molecule has 6 aromatic heterocycles. The number of nitrogens with zero attached hydrogens (tertiary/aromatic N) is 6. The van der Waals surface area contributed by atoms with Gasteiger partial charge in [0.05, 0.1) is 0 Å². The summed E-state index contributed by atoms with van der Waals surface area (Å²) in [4.78, 5) is 31.4. The SMILES string of the molecule is c1cc(-c2cccc(-c3cccc4c3-c3ccccc3C43CCCCC3)c2)cc(-c2nc(-c3ccc4oc5ccccc5c4c3)nc(-c3ccc4oc5ccccc5c4c3)n2)c1.c1cc(-c2cccc(-c3cccc4c3-c3ccccc3C43CCCCC3)c2)cc(-c2nc(-c3cccc4oc5ccccc5c34)nc(-c3cccc4oc5ccccc5c34)n2)c1.